The molecule has 1 unspecified atom stereocenters. The number of phenolic OH excluding ortho intramolecular Hbond substituents is 1. The molecule has 0 amide bonds. The molecule has 0 aromatic heterocycles. The highest BCUT2D eigenvalue weighted by Gasteiger charge is 2.22. The van der Waals surface area contributed by atoms with Gasteiger partial charge in [0.2, 0.25) is 0 Å². The first-order chi connectivity index (χ1) is 6.24. The second-order valence-electron chi connectivity index (χ2n) is 3.29. The zero-order chi connectivity index (χ0) is 9.42. The number of nitrogens with one attached hydrogen (secondary N) is 1. The number of hydrogen-bond donors (Lipinski definition) is 2. The number of fused-ring (bicyclic) bond motifs is 1. The van der Waals surface area contributed by atoms with Crippen LogP contribution in [0.15, 0.2) is 12.1 Å². The summed E-state index contributed by atoms with van der Waals surface area (Å²) in [7, 11) is 1.56. The van der Waals surface area contributed by atoms with Crippen molar-refractivity contribution in [2.24, 2.45) is 0 Å². The molecule has 1 atom stereocenters. The van der Waals surface area contributed by atoms with Crippen LogP contribution in [0.5, 0.6) is 11.5 Å². The summed E-state index contributed by atoms with van der Waals surface area (Å²) in [5, 5.41) is 13.0. The van der Waals surface area contributed by atoms with Crippen molar-refractivity contribution in [2.45, 2.75) is 19.5 Å². The Bertz CT molecular complexity index is 336. The van der Waals surface area contributed by atoms with Gasteiger partial charge in [-0.3, -0.25) is 0 Å². The quantitative estimate of drug-likeness (QED) is 0.687. The lowest BCUT2D eigenvalue weighted by Crippen LogP contribution is -2.06. The molecule has 0 aliphatic carbocycles. The second-order valence-corrected chi connectivity index (χ2v) is 3.29. The van der Waals surface area contributed by atoms with E-state index in [-0.39, 0.29) is 5.75 Å². The number of phenols is 1. The highest BCUT2D eigenvalue weighted by Crippen LogP contribution is 2.37. The smallest absolute Gasteiger partial charge is 0.162 e. The van der Waals surface area contributed by atoms with Crippen LogP contribution < -0.4 is 10.1 Å². The van der Waals surface area contributed by atoms with E-state index in [4.69, 9.17) is 4.74 Å². The van der Waals surface area contributed by atoms with Gasteiger partial charge in [0.25, 0.3) is 0 Å². The molecule has 0 spiro atoms. The Morgan fingerprint density at radius 2 is 2.31 bits per heavy atom. The number of ether oxygens (including phenoxy) is 1. The first-order valence-electron chi connectivity index (χ1n) is 4.36. The van der Waals surface area contributed by atoms with Crippen molar-refractivity contribution in [3.8, 4) is 11.5 Å². The predicted octanol–water partition coefficient (Wildman–Crippen LogP) is 1.56. The van der Waals surface area contributed by atoms with Crippen LogP contribution in [-0.4, -0.2) is 12.2 Å². The molecule has 0 bridgehead atoms. The SMILES string of the molecule is COc1ccc2c(c1O)CNC2C. The minimum atomic E-state index is 0.275. The number of rotatable bonds is 1. The first kappa shape index (κ1) is 8.38. The van der Waals surface area contributed by atoms with E-state index in [0.29, 0.717) is 11.8 Å². The maximum Gasteiger partial charge on any atom is 0.162 e. The minimum Gasteiger partial charge on any atom is -0.504 e. The molecular weight excluding hydrogens is 166 g/mol. The molecule has 1 heterocycles. The van der Waals surface area contributed by atoms with Crippen molar-refractivity contribution < 1.29 is 9.84 Å². The van der Waals surface area contributed by atoms with E-state index in [1.54, 1.807) is 13.2 Å². The molecule has 0 radical (unpaired) electrons. The summed E-state index contributed by atoms with van der Waals surface area (Å²) in [5.74, 6) is 0.825. The van der Waals surface area contributed by atoms with Crippen LogP contribution in [-0.2, 0) is 6.54 Å². The first-order valence-corrected chi connectivity index (χ1v) is 4.36. The van der Waals surface area contributed by atoms with E-state index in [2.05, 4.69) is 12.2 Å². The van der Waals surface area contributed by atoms with Crippen molar-refractivity contribution in [1.29, 1.82) is 0 Å². The zero-order valence-corrected chi connectivity index (χ0v) is 7.79. The molecule has 2 rings (SSSR count). The average molecular weight is 179 g/mol. The molecule has 2 N–H and O–H groups in total. The van der Waals surface area contributed by atoms with Gasteiger partial charge in [-0.25, -0.2) is 0 Å². The molecule has 0 saturated carbocycles. The molecule has 13 heavy (non-hydrogen) atoms. The summed E-state index contributed by atoms with van der Waals surface area (Å²) in [4.78, 5) is 0. The second kappa shape index (κ2) is 2.92. The summed E-state index contributed by atoms with van der Waals surface area (Å²) in [5.41, 5.74) is 2.13. The Morgan fingerprint density at radius 3 is 3.00 bits per heavy atom. The predicted molar refractivity (Wildman–Crippen MR) is 49.9 cm³/mol. The topological polar surface area (TPSA) is 41.5 Å². The van der Waals surface area contributed by atoms with Crippen LogP contribution in [0, 0.1) is 0 Å². The van der Waals surface area contributed by atoms with E-state index in [0.717, 1.165) is 12.1 Å². The lowest BCUT2D eigenvalue weighted by atomic mass is 10.0. The molecular formula is C10H13NO2. The Kier molecular flexibility index (Phi) is 1.88. The molecule has 3 nitrogen and oxygen atoms in total. The lowest BCUT2D eigenvalue weighted by molar-refractivity contribution is 0.371. The van der Waals surface area contributed by atoms with Gasteiger partial charge in [-0.2, -0.15) is 0 Å². The van der Waals surface area contributed by atoms with E-state index < -0.39 is 0 Å². The molecule has 0 fully saturated rings. The summed E-state index contributed by atoms with van der Waals surface area (Å²) in [6, 6.07) is 4.13. The normalized spacial score (nSPS) is 20.0. The van der Waals surface area contributed by atoms with Crippen molar-refractivity contribution in [3.05, 3.63) is 23.3 Å². The standard InChI is InChI=1S/C10H13NO2/c1-6-7-3-4-9(13-2)10(12)8(7)5-11-6/h3-4,6,11-12H,5H2,1-2H3. The number of methoxy groups -OCH3 is 1. The van der Waals surface area contributed by atoms with Crippen LogP contribution in [0.4, 0.5) is 0 Å². The fourth-order valence-electron chi connectivity index (χ4n) is 1.75. The third-order valence-corrected chi connectivity index (χ3v) is 2.55. The van der Waals surface area contributed by atoms with Crippen LogP contribution in [0.3, 0.4) is 0 Å². The van der Waals surface area contributed by atoms with Gasteiger partial charge in [0.1, 0.15) is 0 Å². The van der Waals surface area contributed by atoms with E-state index >= 15 is 0 Å². The monoisotopic (exact) mass is 179 g/mol. The van der Waals surface area contributed by atoms with Crippen LogP contribution in [0.2, 0.25) is 0 Å². The Hall–Kier alpha value is -1.22. The summed E-state index contributed by atoms with van der Waals surface area (Å²) in [6.07, 6.45) is 0. The lowest BCUT2D eigenvalue weighted by Gasteiger charge is -2.08. The molecule has 1 aliphatic heterocycles. The van der Waals surface area contributed by atoms with E-state index in [1.807, 2.05) is 6.07 Å². The van der Waals surface area contributed by atoms with Gasteiger partial charge >= 0.3 is 0 Å². The number of hydrogen-bond acceptors (Lipinski definition) is 3. The molecule has 0 saturated heterocycles. The highest BCUT2D eigenvalue weighted by molar-refractivity contribution is 5.52. The van der Waals surface area contributed by atoms with Crippen molar-refractivity contribution in [1.82, 2.24) is 5.32 Å². The van der Waals surface area contributed by atoms with Crippen molar-refractivity contribution in [3.63, 3.8) is 0 Å². The molecule has 1 aromatic rings. The largest absolute Gasteiger partial charge is 0.504 e. The number of aromatic hydroxyl groups is 1. The molecule has 1 aliphatic rings. The van der Waals surface area contributed by atoms with Gasteiger partial charge in [-0.05, 0) is 18.6 Å². The van der Waals surface area contributed by atoms with Crippen molar-refractivity contribution >= 4 is 0 Å². The molecule has 3 heteroatoms. The summed E-state index contributed by atoms with van der Waals surface area (Å²) >= 11 is 0. The highest BCUT2D eigenvalue weighted by atomic mass is 16.5. The maximum absolute atomic E-state index is 9.76. The van der Waals surface area contributed by atoms with Crippen LogP contribution in [0.1, 0.15) is 24.1 Å². The van der Waals surface area contributed by atoms with Gasteiger partial charge in [0.15, 0.2) is 11.5 Å². The van der Waals surface area contributed by atoms with Crippen molar-refractivity contribution in [2.75, 3.05) is 7.11 Å². The minimum absolute atomic E-state index is 0.275. The fourth-order valence-corrected chi connectivity index (χ4v) is 1.75. The summed E-state index contributed by atoms with van der Waals surface area (Å²) < 4.78 is 5.03. The Labute approximate surface area is 77.3 Å². The molecule has 70 valence electrons. The fraction of sp³-hybridized carbons (Fsp3) is 0.400. The average Bonchev–Trinajstić information content (AvgIpc) is 2.50. The zero-order valence-electron chi connectivity index (χ0n) is 7.79. The van der Waals surface area contributed by atoms with Gasteiger partial charge in [0, 0.05) is 18.2 Å². The third-order valence-electron chi connectivity index (χ3n) is 2.55. The van der Waals surface area contributed by atoms with Gasteiger partial charge < -0.3 is 15.2 Å². The maximum atomic E-state index is 9.76. The number of benzene rings is 1. The van der Waals surface area contributed by atoms with Gasteiger partial charge in [0.05, 0.1) is 7.11 Å². The summed E-state index contributed by atoms with van der Waals surface area (Å²) in [6.45, 7) is 2.80. The Balaban J connectivity index is 2.54. The molecule has 1 aromatic carbocycles. The van der Waals surface area contributed by atoms with E-state index in [9.17, 15) is 5.11 Å². The Morgan fingerprint density at radius 1 is 1.54 bits per heavy atom. The van der Waals surface area contributed by atoms with E-state index in [1.165, 1.54) is 5.56 Å². The third kappa shape index (κ3) is 1.16. The van der Waals surface area contributed by atoms with Gasteiger partial charge in [-0.15, -0.1) is 0 Å². The van der Waals surface area contributed by atoms with Gasteiger partial charge in [-0.1, -0.05) is 6.07 Å². The van der Waals surface area contributed by atoms with Crippen LogP contribution >= 0.6 is 0 Å². The van der Waals surface area contributed by atoms with Crippen LogP contribution in [0.25, 0.3) is 0 Å².